The molecule has 62 valence electrons. The van der Waals surface area contributed by atoms with Crippen molar-refractivity contribution in [2.75, 3.05) is 11.5 Å². The van der Waals surface area contributed by atoms with Crippen LogP contribution in [0.4, 0.5) is 0 Å². The number of nitrogens with one attached hydrogen (secondary N) is 1. The molecule has 1 aliphatic rings. The first-order valence-electron chi connectivity index (χ1n) is 3.61. The minimum Gasteiger partial charge on any atom is -0.274 e. The summed E-state index contributed by atoms with van der Waals surface area (Å²) in [6.45, 7) is 3.59. The third kappa shape index (κ3) is 2.54. The molecule has 1 amide bonds. The molecule has 0 bridgehead atoms. The Hall–Kier alpha value is -0.510. The van der Waals surface area contributed by atoms with E-state index in [1.54, 1.807) is 0 Å². The number of hydrogen-bond donors (Lipinski definition) is 1. The standard InChI is InChI=1S/C7H12N2OS/c1-5-3-11-4-7(5)9-8-6(2)10/h5H,3-4H2,1-2H3,(H,8,10)/b9-7-. The van der Waals surface area contributed by atoms with Gasteiger partial charge in [-0.25, -0.2) is 5.43 Å². The highest BCUT2D eigenvalue weighted by molar-refractivity contribution is 8.00. The molecule has 1 saturated heterocycles. The largest absolute Gasteiger partial charge is 0.274 e. The molecule has 0 aromatic rings. The quantitative estimate of drug-likeness (QED) is 0.596. The topological polar surface area (TPSA) is 41.5 Å². The van der Waals surface area contributed by atoms with E-state index < -0.39 is 0 Å². The van der Waals surface area contributed by atoms with E-state index in [-0.39, 0.29) is 5.91 Å². The van der Waals surface area contributed by atoms with Crippen LogP contribution < -0.4 is 5.43 Å². The number of hydrogen-bond acceptors (Lipinski definition) is 3. The molecule has 1 aliphatic heterocycles. The molecule has 1 fully saturated rings. The van der Waals surface area contributed by atoms with Crippen molar-refractivity contribution in [3.8, 4) is 0 Å². The lowest BCUT2D eigenvalue weighted by atomic mass is 10.1. The van der Waals surface area contributed by atoms with Crippen molar-refractivity contribution in [2.24, 2.45) is 11.0 Å². The van der Waals surface area contributed by atoms with E-state index in [1.807, 2.05) is 11.8 Å². The van der Waals surface area contributed by atoms with E-state index in [4.69, 9.17) is 0 Å². The molecule has 1 atom stereocenters. The van der Waals surface area contributed by atoms with Gasteiger partial charge in [-0.15, -0.1) is 0 Å². The Morgan fingerprint density at radius 1 is 1.82 bits per heavy atom. The van der Waals surface area contributed by atoms with Crippen molar-refractivity contribution >= 4 is 23.4 Å². The van der Waals surface area contributed by atoms with Gasteiger partial charge in [0.25, 0.3) is 0 Å². The predicted octanol–water partition coefficient (Wildman–Crippen LogP) is 0.861. The second-order valence-electron chi connectivity index (χ2n) is 2.69. The number of rotatable bonds is 1. The summed E-state index contributed by atoms with van der Waals surface area (Å²) >= 11 is 1.86. The van der Waals surface area contributed by atoms with Crippen LogP contribution in [0.15, 0.2) is 5.10 Å². The first-order valence-corrected chi connectivity index (χ1v) is 4.76. The average Bonchev–Trinajstić information content (AvgIpc) is 2.31. The van der Waals surface area contributed by atoms with Gasteiger partial charge in [0, 0.05) is 24.3 Å². The Kier molecular flexibility index (Phi) is 2.93. The van der Waals surface area contributed by atoms with Gasteiger partial charge >= 0.3 is 0 Å². The second kappa shape index (κ2) is 3.76. The minimum atomic E-state index is -0.0957. The molecule has 0 spiro atoms. The fraction of sp³-hybridized carbons (Fsp3) is 0.714. The van der Waals surface area contributed by atoms with Crippen molar-refractivity contribution in [1.82, 2.24) is 5.43 Å². The summed E-state index contributed by atoms with van der Waals surface area (Å²) in [6.07, 6.45) is 0. The number of amides is 1. The van der Waals surface area contributed by atoms with E-state index >= 15 is 0 Å². The fourth-order valence-electron chi connectivity index (χ4n) is 0.872. The lowest BCUT2D eigenvalue weighted by Crippen LogP contribution is -2.18. The molecule has 0 saturated carbocycles. The third-order valence-corrected chi connectivity index (χ3v) is 2.78. The normalized spacial score (nSPS) is 27.5. The lowest BCUT2D eigenvalue weighted by Gasteiger charge is -2.00. The van der Waals surface area contributed by atoms with Crippen molar-refractivity contribution in [2.45, 2.75) is 13.8 Å². The van der Waals surface area contributed by atoms with Crippen LogP contribution in [0, 0.1) is 5.92 Å². The van der Waals surface area contributed by atoms with E-state index in [0.717, 1.165) is 17.2 Å². The van der Waals surface area contributed by atoms with E-state index in [9.17, 15) is 4.79 Å². The van der Waals surface area contributed by atoms with Gasteiger partial charge in [-0.05, 0) is 0 Å². The highest BCUT2D eigenvalue weighted by Crippen LogP contribution is 2.20. The van der Waals surface area contributed by atoms with E-state index in [1.165, 1.54) is 6.92 Å². The molecule has 4 heteroatoms. The number of carbonyl (C=O) groups is 1. The molecular weight excluding hydrogens is 160 g/mol. The highest BCUT2D eigenvalue weighted by Gasteiger charge is 2.18. The first kappa shape index (κ1) is 8.59. The summed E-state index contributed by atoms with van der Waals surface area (Å²) in [5, 5.41) is 4.00. The minimum absolute atomic E-state index is 0.0957. The Labute approximate surface area is 70.6 Å². The van der Waals surface area contributed by atoms with Crippen LogP contribution in [0.3, 0.4) is 0 Å². The SMILES string of the molecule is CC(=O)N/N=C1/CSCC1C. The molecule has 3 nitrogen and oxygen atoms in total. The maximum atomic E-state index is 10.5. The van der Waals surface area contributed by atoms with Gasteiger partial charge in [0.05, 0.1) is 5.71 Å². The number of thioether (sulfide) groups is 1. The zero-order valence-corrected chi connectivity index (χ0v) is 7.57. The zero-order chi connectivity index (χ0) is 8.27. The first-order chi connectivity index (χ1) is 5.20. The lowest BCUT2D eigenvalue weighted by molar-refractivity contribution is -0.118. The summed E-state index contributed by atoms with van der Waals surface area (Å²) in [4.78, 5) is 10.5. The molecule has 1 heterocycles. The van der Waals surface area contributed by atoms with Crippen LogP contribution in [0.1, 0.15) is 13.8 Å². The van der Waals surface area contributed by atoms with Crippen LogP contribution in [0.2, 0.25) is 0 Å². The predicted molar refractivity (Wildman–Crippen MR) is 47.7 cm³/mol. The molecule has 0 aromatic heterocycles. The molecule has 0 aliphatic carbocycles. The van der Waals surface area contributed by atoms with E-state index in [0.29, 0.717) is 5.92 Å². The maximum Gasteiger partial charge on any atom is 0.236 e. The zero-order valence-electron chi connectivity index (χ0n) is 6.76. The summed E-state index contributed by atoms with van der Waals surface area (Å²) in [7, 11) is 0. The van der Waals surface area contributed by atoms with Gasteiger partial charge in [-0.2, -0.15) is 16.9 Å². The van der Waals surface area contributed by atoms with Crippen molar-refractivity contribution < 1.29 is 4.79 Å². The van der Waals surface area contributed by atoms with Crippen LogP contribution >= 0.6 is 11.8 Å². The van der Waals surface area contributed by atoms with Gasteiger partial charge in [0.1, 0.15) is 0 Å². The monoisotopic (exact) mass is 172 g/mol. The molecular formula is C7H12N2OS. The smallest absolute Gasteiger partial charge is 0.236 e. The summed E-state index contributed by atoms with van der Waals surface area (Å²) < 4.78 is 0. The molecule has 1 N–H and O–H groups in total. The Bertz CT molecular complexity index is 191. The van der Waals surface area contributed by atoms with Crippen LogP contribution in [-0.2, 0) is 4.79 Å². The molecule has 1 unspecified atom stereocenters. The van der Waals surface area contributed by atoms with Crippen molar-refractivity contribution in [3.63, 3.8) is 0 Å². The van der Waals surface area contributed by atoms with Gasteiger partial charge in [0.15, 0.2) is 0 Å². The van der Waals surface area contributed by atoms with Crippen LogP contribution in [0.25, 0.3) is 0 Å². The van der Waals surface area contributed by atoms with Gasteiger partial charge in [0.2, 0.25) is 5.91 Å². The van der Waals surface area contributed by atoms with Gasteiger partial charge in [-0.1, -0.05) is 6.92 Å². The summed E-state index contributed by atoms with van der Waals surface area (Å²) in [6, 6.07) is 0. The highest BCUT2D eigenvalue weighted by atomic mass is 32.2. The summed E-state index contributed by atoms with van der Waals surface area (Å²) in [5.41, 5.74) is 3.56. The molecule has 0 radical (unpaired) electrons. The number of carbonyl (C=O) groups excluding carboxylic acids is 1. The van der Waals surface area contributed by atoms with Crippen LogP contribution in [0.5, 0.6) is 0 Å². The van der Waals surface area contributed by atoms with Crippen molar-refractivity contribution in [1.29, 1.82) is 0 Å². The Morgan fingerprint density at radius 3 is 3.00 bits per heavy atom. The number of nitrogens with zero attached hydrogens (tertiary/aromatic N) is 1. The Balaban J connectivity index is 2.45. The van der Waals surface area contributed by atoms with E-state index in [2.05, 4.69) is 17.5 Å². The fourth-order valence-corrected chi connectivity index (χ4v) is 2.09. The van der Waals surface area contributed by atoms with Gasteiger partial charge < -0.3 is 0 Å². The van der Waals surface area contributed by atoms with Crippen LogP contribution in [-0.4, -0.2) is 23.1 Å². The van der Waals surface area contributed by atoms with Crippen molar-refractivity contribution in [3.05, 3.63) is 0 Å². The van der Waals surface area contributed by atoms with Gasteiger partial charge in [-0.3, -0.25) is 4.79 Å². The molecule has 1 rings (SSSR count). The third-order valence-electron chi connectivity index (χ3n) is 1.54. The molecule has 11 heavy (non-hydrogen) atoms. The maximum absolute atomic E-state index is 10.5. The number of hydrazone groups is 1. The molecule has 0 aromatic carbocycles. The summed E-state index contributed by atoms with van der Waals surface area (Å²) in [5.74, 6) is 2.51. The second-order valence-corrected chi connectivity index (χ2v) is 3.72. The average molecular weight is 172 g/mol. The Morgan fingerprint density at radius 2 is 2.55 bits per heavy atom.